The van der Waals surface area contributed by atoms with E-state index in [-0.39, 0.29) is 18.1 Å². The van der Waals surface area contributed by atoms with Crippen LogP contribution in [0.5, 0.6) is 0 Å². The second-order valence-corrected chi connectivity index (χ2v) is 4.93. The normalized spacial score (nSPS) is 33.7. The average Bonchev–Trinajstić information content (AvgIpc) is 2.68. The number of benzene rings is 1. The van der Waals surface area contributed by atoms with Crippen molar-refractivity contribution in [2.24, 2.45) is 5.92 Å². The topological polar surface area (TPSA) is 29.5 Å². The zero-order chi connectivity index (χ0) is 11.8. The van der Waals surface area contributed by atoms with Gasteiger partial charge in [0, 0.05) is 13.5 Å². The first-order valence-corrected chi connectivity index (χ1v) is 6.24. The fourth-order valence-corrected chi connectivity index (χ4v) is 3.10. The van der Waals surface area contributed by atoms with E-state index < -0.39 is 0 Å². The number of rotatable bonds is 1. The number of nitrogens with zero attached hydrogens (tertiary/aromatic N) is 1. The Morgan fingerprint density at radius 1 is 1.29 bits per heavy atom. The van der Waals surface area contributed by atoms with Crippen LogP contribution in [0.15, 0.2) is 30.3 Å². The van der Waals surface area contributed by atoms with Gasteiger partial charge in [0.1, 0.15) is 5.78 Å². The minimum Gasteiger partial charge on any atom is -0.299 e. The highest BCUT2D eigenvalue weighted by atomic mass is 16.7. The van der Waals surface area contributed by atoms with Crippen LogP contribution < -0.4 is 0 Å². The quantitative estimate of drug-likeness (QED) is 0.743. The molecule has 3 nitrogen and oxygen atoms in total. The highest BCUT2D eigenvalue weighted by molar-refractivity contribution is 5.83. The summed E-state index contributed by atoms with van der Waals surface area (Å²) in [6, 6.07) is 10.3. The molecule has 1 aromatic rings. The van der Waals surface area contributed by atoms with Crippen molar-refractivity contribution in [2.75, 3.05) is 7.05 Å². The molecule has 0 aromatic heterocycles. The predicted molar refractivity (Wildman–Crippen MR) is 64.2 cm³/mol. The molecule has 1 aromatic carbocycles. The van der Waals surface area contributed by atoms with Crippen molar-refractivity contribution in [3.63, 3.8) is 0 Å². The van der Waals surface area contributed by atoms with E-state index in [1.807, 2.05) is 30.3 Å². The van der Waals surface area contributed by atoms with Gasteiger partial charge in [0.2, 0.25) is 0 Å². The van der Waals surface area contributed by atoms with Crippen LogP contribution >= 0.6 is 0 Å². The van der Waals surface area contributed by atoms with Crippen LogP contribution in [-0.2, 0) is 9.63 Å². The molecule has 1 saturated heterocycles. The zero-order valence-electron chi connectivity index (χ0n) is 10.0. The first-order chi connectivity index (χ1) is 8.27. The van der Waals surface area contributed by atoms with E-state index in [4.69, 9.17) is 4.84 Å². The van der Waals surface area contributed by atoms with Gasteiger partial charge in [0.15, 0.2) is 0 Å². The third-order valence-corrected chi connectivity index (χ3v) is 3.86. The van der Waals surface area contributed by atoms with Crippen molar-refractivity contribution in [1.82, 2.24) is 5.06 Å². The summed E-state index contributed by atoms with van der Waals surface area (Å²) in [5.74, 6) is 0.385. The lowest BCUT2D eigenvalue weighted by molar-refractivity contribution is -0.149. The maximum Gasteiger partial charge on any atom is 0.140 e. The number of carbonyl (C=O) groups is 1. The molecule has 3 heteroatoms. The third-order valence-electron chi connectivity index (χ3n) is 3.86. The molecule has 90 valence electrons. The van der Waals surface area contributed by atoms with Crippen molar-refractivity contribution in [3.8, 4) is 0 Å². The van der Waals surface area contributed by atoms with E-state index in [9.17, 15) is 4.79 Å². The fraction of sp³-hybridized carbons (Fsp3) is 0.500. The van der Waals surface area contributed by atoms with Gasteiger partial charge in [-0.1, -0.05) is 30.3 Å². The van der Waals surface area contributed by atoms with Crippen molar-refractivity contribution < 1.29 is 9.63 Å². The molecular formula is C14H17NO2. The Balaban J connectivity index is 1.95. The molecule has 1 heterocycles. The largest absolute Gasteiger partial charge is 0.299 e. The molecule has 2 aliphatic rings. The van der Waals surface area contributed by atoms with Gasteiger partial charge in [0.05, 0.1) is 18.1 Å². The van der Waals surface area contributed by atoms with Gasteiger partial charge in [-0.15, -0.1) is 0 Å². The Bertz CT molecular complexity index is 417. The number of hydrogen-bond acceptors (Lipinski definition) is 3. The minimum absolute atomic E-state index is 0.0242. The maximum absolute atomic E-state index is 12.1. The van der Waals surface area contributed by atoms with Gasteiger partial charge < -0.3 is 0 Å². The van der Waals surface area contributed by atoms with E-state index in [1.165, 1.54) is 5.56 Å². The molecule has 0 N–H and O–H groups in total. The summed E-state index contributed by atoms with van der Waals surface area (Å²) in [6.07, 6.45) is 2.77. The van der Waals surface area contributed by atoms with E-state index in [1.54, 1.807) is 0 Å². The lowest BCUT2D eigenvalue weighted by Crippen LogP contribution is -2.32. The molecule has 2 fully saturated rings. The molecule has 3 rings (SSSR count). The van der Waals surface area contributed by atoms with Crippen molar-refractivity contribution in [1.29, 1.82) is 0 Å². The van der Waals surface area contributed by atoms with Crippen molar-refractivity contribution in [3.05, 3.63) is 35.9 Å². The Kier molecular flexibility index (Phi) is 2.73. The number of Topliss-reactive ketones (excluding diaryl/α,β-unsaturated/α-hetero) is 1. The highest BCUT2D eigenvalue weighted by Crippen LogP contribution is 2.43. The predicted octanol–water partition coefficient (Wildman–Crippen LogP) is 2.34. The van der Waals surface area contributed by atoms with Crippen molar-refractivity contribution >= 4 is 5.78 Å². The summed E-state index contributed by atoms with van der Waals surface area (Å²) >= 11 is 0. The standard InChI is InChI=1S/C14H17NO2/c1-15-14(10-6-3-2-4-7-10)13-11(16)8-5-9-12(13)17-15/h2-4,6-7,12-14H,5,8-9H2,1H3. The van der Waals surface area contributed by atoms with Gasteiger partial charge in [-0.2, -0.15) is 5.06 Å². The average molecular weight is 231 g/mol. The van der Waals surface area contributed by atoms with Gasteiger partial charge in [-0.05, 0) is 18.4 Å². The molecule has 0 radical (unpaired) electrons. The summed E-state index contributed by atoms with van der Waals surface area (Å²) in [5.41, 5.74) is 1.18. The Labute approximate surface area is 101 Å². The van der Waals surface area contributed by atoms with Crippen molar-refractivity contribution in [2.45, 2.75) is 31.4 Å². The van der Waals surface area contributed by atoms with Gasteiger partial charge in [-0.25, -0.2) is 0 Å². The second kappa shape index (κ2) is 4.24. The molecule has 0 amide bonds. The fourth-order valence-electron chi connectivity index (χ4n) is 3.10. The van der Waals surface area contributed by atoms with Crippen LogP contribution in [0.4, 0.5) is 0 Å². The van der Waals surface area contributed by atoms with Gasteiger partial charge >= 0.3 is 0 Å². The molecular weight excluding hydrogens is 214 g/mol. The number of fused-ring (bicyclic) bond motifs is 1. The first-order valence-electron chi connectivity index (χ1n) is 6.24. The maximum atomic E-state index is 12.1. The number of ketones is 1. The second-order valence-electron chi connectivity index (χ2n) is 4.93. The minimum atomic E-state index is 0.0242. The summed E-state index contributed by atoms with van der Waals surface area (Å²) in [5, 5.41) is 1.87. The molecule has 1 aliphatic carbocycles. The summed E-state index contributed by atoms with van der Waals surface area (Å²) < 4.78 is 0. The van der Waals surface area contributed by atoms with Gasteiger partial charge in [0.25, 0.3) is 0 Å². The number of hydroxylamine groups is 2. The lowest BCUT2D eigenvalue weighted by atomic mass is 9.79. The molecule has 0 spiro atoms. The zero-order valence-corrected chi connectivity index (χ0v) is 10.0. The molecule has 3 atom stereocenters. The lowest BCUT2D eigenvalue weighted by Gasteiger charge is -2.25. The van der Waals surface area contributed by atoms with Crippen LogP contribution in [0.3, 0.4) is 0 Å². The van der Waals surface area contributed by atoms with Crippen LogP contribution in [0.1, 0.15) is 30.9 Å². The van der Waals surface area contributed by atoms with E-state index in [0.717, 1.165) is 12.8 Å². The summed E-state index contributed by atoms with van der Waals surface area (Å²) in [4.78, 5) is 17.9. The molecule has 1 aliphatic heterocycles. The van der Waals surface area contributed by atoms with Crippen LogP contribution in [0.2, 0.25) is 0 Å². The Morgan fingerprint density at radius 3 is 2.82 bits per heavy atom. The first kappa shape index (κ1) is 10.9. The van der Waals surface area contributed by atoms with E-state index in [0.29, 0.717) is 12.2 Å². The molecule has 1 saturated carbocycles. The number of carbonyl (C=O) groups excluding carboxylic acids is 1. The Hall–Kier alpha value is -1.19. The highest BCUT2D eigenvalue weighted by Gasteiger charge is 2.47. The SMILES string of the molecule is CN1OC2CCCC(=O)C2C1c1ccccc1. The van der Waals surface area contributed by atoms with Gasteiger partial charge in [-0.3, -0.25) is 9.63 Å². The monoisotopic (exact) mass is 231 g/mol. The number of hydrogen-bond donors (Lipinski definition) is 0. The molecule has 3 unspecified atom stereocenters. The summed E-state index contributed by atoms with van der Waals surface area (Å²) in [7, 11) is 1.93. The Morgan fingerprint density at radius 2 is 2.06 bits per heavy atom. The van der Waals surface area contributed by atoms with Crippen LogP contribution in [0.25, 0.3) is 0 Å². The smallest absolute Gasteiger partial charge is 0.140 e. The summed E-state index contributed by atoms with van der Waals surface area (Å²) in [6.45, 7) is 0. The van der Waals surface area contributed by atoms with E-state index in [2.05, 4.69) is 12.1 Å². The van der Waals surface area contributed by atoms with E-state index >= 15 is 0 Å². The molecule has 17 heavy (non-hydrogen) atoms. The molecule has 0 bridgehead atoms. The van der Waals surface area contributed by atoms with Crippen LogP contribution in [0, 0.1) is 5.92 Å². The van der Waals surface area contributed by atoms with Crippen LogP contribution in [-0.4, -0.2) is 24.0 Å². The third kappa shape index (κ3) is 1.79.